The van der Waals surface area contributed by atoms with Gasteiger partial charge in [0.15, 0.2) is 0 Å². The molecule has 2 N–H and O–H groups in total. The molecule has 2 amide bonds. The SMILES string of the molecule is O=C1NC(=O)C2=C1C1=C3C=CC=CC3NC1=C1C=c3ccccc3=CC12. The first-order chi connectivity index (χ1) is 12.7. The molecule has 0 spiro atoms. The fourth-order valence-corrected chi connectivity index (χ4v) is 4.58. The third kappa shape index (κ3) is 1.59. The normalized spacial score (nSPS) is 27.1. The highest BCUT2D eigenvalue weighted by atomic mass is 16.2. The zero-order chi connectivity index (χ0) is 17.4. The molecule has 124 valence electrons. The van der Waals surface area contributed by atoms with Crippen LogP contribution >= 0.6 is 0 Å². The molecule has 2 heterocycles. The number of hydrogen-bond donors (Lipinski definition) is 2. The maximum Gasteiger partial charge on any atom is 0.259 e. The number of carbonyl (C=O) groups is 2. The summed E-state index contributed by atoms with van der Waals surface area (Å²) in [5.74, 6) is -0.768. The van der Waals surface area contributed by atoms with Crippen LogP contribution in [-0.4, -0.2) is 17.9 Å². The first-order valence-corrected chi connectivity index (χ1v) is 8.71. The molecule has 0 radical (unpaired) electrons. The molecule has 6 rings (SSSR count). The largest absolute Gasteiger partial charge is 0.374 e. The van der Waals surface area contributed by atoms with Gasteiger partial charge in [-0.15, -0.1) is 0 Å². The predicted octanol–water partition coefficient (Wildman–Crippen LogP) is 0.492. The van der Waals surface area contributed by atoms with Gasteiger partial charge >= 0.3 is 0 Å². The first kappa shape index (κ1) is 13.8. The van der Waals surface area contributed by atoms with Crippen LogP contribution in [0.2, 0.25) is 0 Å². The topological polar surface area (TPSA) is 58.2 Å². The summed E-state index contributed by atoms with van der Waals surface area (Å²) in [5, 5.41) is 8.29. The van der Waals surface area contributed by atoms with Crippen LogP contribution in [0.15, 0.2) is 82.1 Å². The summed E-state index contributed by atoms with van der Waals surface area (Å²) >= 11 is 0. The maximum atomic E-state index is 12.6. The minimum absolute atomic E-state index is 0.0408. The highest BCUT2D eigenvalue weighted by Crippen LogP contribution is 2.47. The molecular formula is C22H14N2O2. The molecule has 2 aliphatic heterocycles. The van der Waals surface area contributed by atoms with Gasteiger partial charge in [-0.25, -0.2) is 0 Å². The number of allylic oxidation sites excluding steroid dienone is 4. The molecule has 0 saturated carbocycles. The van der Waals surface area contributed by atoms with E-state index in [0.29, 0.717) is 11.1 Å². The van der Waals surface area contributed by atoms with E-state index in [1.165, 1.54) is 0 Å². The quantitative estimate of drug-likeness (QED) is 0.677. The molecule has 2 unspecified atom stereocenters. The van der Waals surface area contributed by atoms with Crippen molar-refractivity contribution in [1.82, 2.24) is 10.6 Å². The van der Waals surface area contributed by atoms with Crippen LogP contribution in [0.3, 0.4) is 0 Å². The van der Waals surface area contributed by atoms with Crippen LogP contribution in [0.25, 0.3) is 12.2 Å². The standard InChI is InChI=1S/C22H14N2O2/c25-21-18-14-9-11-5-1-2-6-12(11)10-15(14)20-17(19(18)22(26)24-21)13-7-3-4-8-16(13)23-20/h1-10,14,16,23H,(H,24,25,26). The van der Waals surface area contributed by atoms with Gasteiger partial charge in [-0.2, -0.15) is 0 Å². The smallest absolute Gasteiger partial charge is 0.259 e. The zero-order valence-corrected chi connectivity index (χ0v) is 13.7. The van der Waals surface area contributed by atoms with Crippen LogP contribution in [0.1, 0.15) is 0 Å². The van der Waals surface area contributed by atoms with E-state index in [1.807, 2.05) is 36.4 Å². The second-order valence-electron chi connectivity index (χ2n) is 7.02. The highest BCUT2D eigenvalue weighted by molar-refractivity contribution is 6.24. The van der Waals surface area contributed by atoms with Gasteiger partial charge in [-0.3, -0.25) is 14.9 Å². The third-order valence-electron chi connectivity index (χ3n) is 5.67. The number of rotatable bonds is 0. The van der Waals surface area contributed by atoms with Crippen LogP contribution in [0.4, 0.5) is 0 Å². The van der Waals surface area contributed by atoms with Crippen molar-refractivity contribution in [2.24, 2.45) is 5.92 Å². The molecule has 4 heteroatoms. The van der Waals surface area contributed by atoms with Crippen molar-refractivity contribution in [2.75, 3.05) is 0 Å². The molecule has 1 aromatic carbocycles. The van der Waals surface area contributed by atoms with Crippen LogP contribution in [0, 0.1) is 5.92 Å². The molecule has 0 fully saturated rings. The number of hydrogen-bond acceptors (Lipinski definition) is 3. The van der Waals surface area contributed by atoms with Crippen molar-refractivity contribution >= 4 is 24.0 Å². The van der Waals surface area contributed by atoms with E-state index in [2.05, 4.69) is 34.9 Å². The monoisotopic (exact) mass is 338 g/mol. The molecule has 1 aromatic rings. The van der Waals surface area contributed by atoms with Crippen molar-refractivity contribution in [1.29, 1.82) is 0 Å². The van der Waals surface area contributed by atoms with Gasteiger partial charge in [0.2, 0.25) is 0 Å². The van der Waals surface area contributed by atoms with Gasteiger partial charge in [0, 0.05) is 22.8 Å². The molecule has 0 aromatic heterocycles. The molecule has 0 bridgehead atoms. The van der Waals surface area contributed by atoms with Crippen LogP contribution in [0.5, 0.6) is 0 Å². The minimum Gasteiger partial charge on any atom is -0.374 e. The fraction of sp³-hybridized carbons (Fsp3) is 0.0909. The van der Waals surface area contributed by atoms with E-state index in [-0.39, 0.29) is 23.8 Å². The van der Waals surface area contributed by atoms with Crippen molar-refractivity contribution in [2.45, 2.75) is 6.04 Å². The summed E-state index contributed by atoms with van der Waals surface area (Å²) in [7, 11) is 0. The van der Waals surface area contributed by atoms with Crippen LogP contribution < -0.4 is 21.1 Å². The number of imide groups is 1. The Labute approximate surface area is 149 Å². The maximum absolute atomic E-state index is 12.6. The summed E-state index contributed by atoms with van der Waals surface area (Å²) in [6.07, 6.45) is 12.3. The van der Waals surface area contributed by atoms with E-state index in [0.717, 1.165) is 32.9 Å². The summed E-state index contributed by atoms with van der Waals surface area (Å²) in [5.41, 5.74) is 5.08. The lowest BCUT2D eigenvalue weighted by molar-refractivity contribution is -0.124. The van der Waals surface area contributed by atoms with Crippen molar-refractivity contribution < 1.29 is 9.59 Å². The van der Waals surface area contributed by atoms with Gasteiger partial charge in [0.1, 0.15) is 0 Å². The van der Waals surface area contributed by atoms with E-state index in [9.17, 15) is 9.59 Å². The summed E-state index contributed by atoms with van der Waals surface area (Å²) in [6, 6.07) is 8.17. The molecule has 0 saturated heterocycles. The second-order valence-corrected chi connectivity index (χ2v) is 7.02. The van der Waals surface area contributed by atoms with Crippen LogP contribution in [-0.2, 0) is 9.59 Å². The summed E-state index contributed by atoms with van der Waals surface area (Å²) in [6.45, 7) is 0. The van der Waals surface area contributed by atoms with Crippen molar-refractivity contribution in [3.8, 4) is 0 Å². The average molecular weight is 338 g/mol. The Hall–Kier alpha value is -3.40. The summed E-state index contributed by atoms with van der Waals surface area (Å²) < 4.78 is 0. The Balaban J connectivity index is 1.74. The first-order valence-electron chi connectivity index (χ1n) is 8.71. The average Bonchev–Trinajstić information content (AvgIpc) is 3.18. The summed E-state index contributed by atoms with van der Waals surface area (Å²) in [4.78, 5) is 25.2. The van der Waals surface area contributed by atoms with E-state index in [4.69, 9.17) is 0 Å². The molecule has 3 aliphatic carbocycles. The van der Waals surface area contributed by atoms with E-state index >= 15 is 0 Å². The third-order valence-corrected chi connectivity index (χ3v) is 5.67. The minimum atomic E-state index is -0.290. The lowest BCUT2D eigenvalue weighted by atomic mass is 9.75. The zero-order valence-electron chi connectivity index (χ0n) is 13.7. The van der Waals surface area contributed by atoms with Gasteiger partial charge in [-0.1, -0.05) is 54.6 Å². The Kier molecular flexibility index (Phi) is 2.45. The number of fused-ring (bicyclic) bond motifs is 6. The van der Waals surface area contributed by atoms with Crippen molar-refractivity contribution in [3.05, 3.63) is 92.6 Å². The van der Waals surface area contributed by atoms with Gasteiger partial charge in [0.05, 0.1) is 11.6 Å². The van der Waals surface area contributed by atoms with Gasteiger partial charge in [-0.05, 0) is 27.7 Å². The van der Waals surface area contributed by atoms with E-state index < -0.39 is 0 Å². The predicted molar refractivity (Wildman–Crippen MR) is 97.5 cm³/mol. The van der Waals surface area contributed by atoms with Crippen molar-refractivity contribution in [3.63, 3.8) is 0 Å². The van der Waals surface area contributed by atoms with E-state index in [1.54, 1.807) is 0 Å². The molecular weight excluding hydrogens is 324 g/mol. The van der Waals surface area contributed by atoms with Gasteiger partial charge < -0.3 is 5.32 Å². The Bertz CT molecular complexity index is 1220. The highest BCUT2D eigenvalue weighted by Gasteiger charge is 2.46. The molecule has 2 atom stereocenters. The Morgan fingerprint density at radius 1 is 0.885 bits per heavy atom. The second kappa shape index (κ2) is 4.61. The number of amides is 2. The fourth-order valence-electron chi connectivity index (χ4n) is 4.58. The molecule has 5 aliphatic rings. The van der Waals surface area contributed by atoms with Gasteiger partial charge in [0.25, 0.3) is 11.8 Å². The number of nitrogens with one attached hydrogen (secondary N) is 2. The molecule has 4 nitrogen and oxygen atoms in total. The molecule has 26 heavy (non-hydrogen) atoms. The number of carbonyl (C=O) groups excluding carboxylic acids is 2. The Morgan fingerprint density at radius 3 is 2.62 bits per heavy atom. The number of benzene rings is 1. The Morgan fingerprint density at radius 2 is 1.73 bits per heavy atom. The lowest BCUT2D eigenvalue weighted by Gasteiger charge is -2.27. The lowest BCUT2D eigenvalue weighted by Crippen LogP contribution is -2.34.